The second-order valence-corrected chi connectivity index (χ2v) is 3.79. The van der Waals surface area contributed by atoms with E-state index in [9.17, 15) is 9.59 Å². The first-order valence-corrected chi connectivity index (χ1v) is 5.25. The molecule has 0 aromatic heterocycles. The third kappa shape index (κ3) is 3.35. The minimum atomic E-state index is -0.0232. The molecule has 3 nitrogen and oxygen atoms in total. The van der Waals surface area contributed by atoms with Crippen LogP contribution in [0.1, 0.15) is 25.7 Å². The minimum Gasteiger partial charge on any atom is -0.342 e. The molecule has 0 N–H and O–H groups in total. The molecule has 0 saturated carbocycles. The molecule has 1 aliphatic rings. The summed E-state index contributed by atoms with van der Waals surface area (Å²) in [5.74, 6) is 0.0478. The average Bonchev–Trinajstić information content (AvgIpc) is 2.24. The molecule has 0 aromatic rings. The SMILES string of the molecule is C=CCCN(C)C(=O)C1=CC(=O)CCC1. The van der Waals surface area contributed by atoms with E-state index in [-0.39, 0.29) is 11.7 Å². The van der Waals surface area contributed by atoms with Gasteiger partial charge in [-0.15, -0.1) is 6.58 Å². The highest BCUT2D eigenvalue weighted by molar-refractivity contribution is 6.02. The number of likely N-dealkylation sites (N-methyl/N-ethyl adjacent to an activating group) is 1. The van der Waals surface area contributed by atoms with Crippen molar-refractivity contribution in [1.82, 2.24) is 4.90 Å². The normalized spacial score (nSPS) is 15.8. The maximum atomic E-state index is 11.8. The van der Waals surface area contributed by atoms with Gasteiger partial charge < -0.3 is 4.90 Å². The first-order chi connectivity index (χ1) is 7.15. The van der Waals surface area contributed by atoms with Crippen molar-refractivity contribution in [3.63, 3.8) is 0 Å². The van der Waals surface area contributed by atoms with E-state index in [2.05, 4.69) is 6.58 Å². The molecular weight excluding hydrogens is 190 g/mol. The predicted octanol–water partition coefficient (Wildman–Crippen LogP) is 1.70. The van der Waals surface area contributed by atoms with Crippen LogP contribution < -0.4 is 0 Å². The largest absolute Gasteiger partial charge is 0.342 e. The van der Waals surface area contributed by atoms with E-state index >= 15 is 0 Å². The number of nitrogens with zero attached hydrogens (tertiary/aromatic N) is 1. The number of hydrogen-bond donors (Lipinski definition) is 0. The topological polar surface area (TPSA) is 37.4 Å². The third-order valence-corrected chi connectivity index (χ3v) is 2.49. The molecule has 82 valence electrons. The van der Waals surface area contributed by atoms with Gasteiger partial charge in [-0.2, -0.15) is 0 Å². The molecule has 0 unspecified atom stereocenters. The van der Waals surface area contributed by atoms with Crippen molar-refractivity contribution in [3.8, 4) is 0 Å². The highest BCUT2D eigenvalue weighted by atomic mass is 16.2. The Morgan fingerprint density at radius 1 is 1.60 bits per heavy atom. The van der Waals surface area contributed by atoms with E-state index in [0.29, 0.717) is 18.5 Å². The molecular formula is C12H17NO2. The fraction of sp³-hybridized carbons (Fsp3) is 0.500. The lowest BCUT2D eigenvalue weighted by Gasteiger charge is -2.19. The fourth-order valence-corrected chi connectivity index (χ4v) is 1.59. The van der Waals surface area contributed by atoms with E-state index in [1.54, 1.807) is 18.0 Å². The molecule has 0 aliphatic heterocycles. The van der Waals surface area contributed by atoms with E-state index in [1.165, 1.54) is 6.08 Å². The Hall–Kier alpha value is -1.38. The van der Waals surface area contributed by atoms with Crippen LogP contribution in [0.4, 0.5) is 0 Å². The van der Waals surface area contributed by atoms with Gasteiger partial charge in [0.15, 0.2) is 5.78 Å². The highest BCUT2D eigenvalue weighted by Gasteiger charge is 2.18. The van der Waals surface area contributed by atoms with Crippen molar-refractivity contribution in [2.45, 2.75) is 25.7 Å². The molecule has 0 fully saturated rings. The number of carbonyl (C=O) groups excluding carboxylic acids is 2. The molecule has 0 atom stereocenters. The lowest BCUT2D eigenvalue weighted by molar-refractivity contribution is -0.126. The van der Waals surface area contributed by atoms with Crippen LogP contribution in [0.3, 0.4) is 0 Å². The zero-order valence-electron chi connectivity index (χ0n) is 9.16. The van der Waals surface area contributed by atoms with Gasteiger partial charge in [0.05, 0.1) is 0 Å². The Balaban J connectivity index is 2.59. The number of carbonyl (C=O) groups is 2. The van der Waals surface area contributed by atoms with Gasteiger partial charge in [-0.1, -0.05) is 6.08 Å². The van der Waals surface area contributed by atoms with Crippen molar-refractivity contribution in [3.05, 3.63) is 24.3 Å². The minimum absolute atomic E-state index is 0.0232. The second kappa shape index (κ2) is 5.49. The van der Waals surface area contributed by atoms with Gasteiger partial charge in [-0.3, -0.25) is 9.59 Å². The monoisotopic (exact) mass is 207 g/mol. The summed E-state index contributed by atoms with van der Waals surface area (Å²) in [7, 11) is 1.76. The molecule has 15 heavy (non-hydrogen) atoms. The first kappa shape index (κ1) is 11.7. The van der Waals surface area contributed by atoms with Crippen LogP contribution in [0.25, 0.3) is 0 Å². The Morgan fingerprint density at radius 2 is 2.33 bits per heavy atom. The quantitative estimate of drug-likeness (QED) is 0.658. The lowest BCUT2D eigenvalue weighted by Crippen LogP contribution is -2.30. The predicted molar refractivity (Wildman–Crippen MR) is 59.4 cm³/mol. The molecule has 0 aromatic carbocycles. The standard InChI is InChI=1S/C12H17NO2/c1-3-4-8-13(2)12(15)10-6-5-7-11(14)9-10/h3,9H,1,4-8H2,2H3. The molecule has 0 spiro atoms. The number of rotatable bonds is 4. The first-order valence-electron chi connectivity index (χ1n) is 5.25. The smallest absolute Gasteiger partial charge is 0.249 e. The van der Waals surface area contributed by atoms with Crippen molar-refractivity contribution in [2.75, 3.05) is 13.6 Å². The Morgan fingerprint density at radius 3 is 2.93 bits per heavy atom. The van der Waals surface area contributed by atoms with Crippen LogP contribution in [-0.4, -0.2) is 30.2 Å². The summed E-state index contributed by atoms with van der Waals surface area (Å²) < 4.78 is 0. The molecule has 0 heterocycles. The van der Waals surface area contributed by atoms with Crippen LogP contribution >= 0.6 is 0 Å². The number of allylic oxidation sites excluding steroid dienone is 1. The van der Waals surface area contributed by atoms with E-state index in [1.807, 2.05) is 0 Å². The number of amides is 1. The van der Waals surface area contributed by atoms with E-state index in [0.717, 1.165) is 19.3 Å². The zero-order valence-corrected chi connectivity index (χ0v) is 9.16. The summed E-state index contributed by atoms with van der Waals surface area (Å²) in [5.41, 5.74) is 0.651. The van der Waals surface area contributed by atoms with E-state index in [4.69, 9.17) is 0 Å². The maximum absolute atomic E-state index is 11.8. The van der Waals surface area contributed by atoms with Crippen LogP contribution in [0.2, 0.25) is 0 Å². The van der Waals surface area contributed by atoms with Gasteiger partial charge >= 0.3 is 0 Å². The van der Waals surface area contributed by atoms with Crippen LogP contribution in [-0.2, 0) is 9.59 Å². The number of hydrogen-bond acceptors (Lipinski definition) is 2. The van der Waals surface area contributed by atoms with Crippen molar-refractivity contribution < 1.29 is 9.59 Å². The Kier molecular flexibility index (Phi) is 4.28. The van der Waals surface area contributed by atoms with Gasteiger partial charge in [0.1, 0.15) is 0 Å². The molecule has 0 saturated heterocycles. The van der Waals surface area contributed by atoms with Crippen molar-refractivity contribution in [2.24, 2.45) is 0 Å². The van der Waals surface area contributed by atoms with Crippen LogP contribution in [0.15, 0.2) is 24.3 Å². The van der Waals surface area contributed by atoms with Crippen molar-refractivity contribution >= 4 is 11.7 Å². The van der Waals surface area contributed by atoms with Gasteiger partial charge in [0.2, 0.25) is 5.91 Å². The molecule has 1 amide bonds. The third-order valence-electron chi connectivity index (χ3n) is 2.49. The maximum Gasteiger partial charge on any atom is 0.249 e. The van der Waals surface area contributed by atoms with Crippen molar-refractivity contribution in [1.29, 1.82) is 0 Å². The summed E-state index contributed by atoms with van der Waals surface area (Å²) >= 11 is 0. The zero-order chi connectivity index (χ0) is 11.3. The Bertz CT molecular complexity index is 305. The van der Waals surface area contributed by atoms with Crippen LogP contribution in [0, 0.1) is 0 Å². The summed E-state index contributed by atoms with van der Waals surface area (Å²) in [6.45, 7) is 4.27. The molecule has 3 heteroatoms. The summed E-state index contributed by atoms with van der Waals surface area (Å²) in [6, 6.07) is 0. The molecule has 0 radical (unpaired) electrons. The molecule has 1 aliphatic carbocycles. The fourth-order valence-electron chi connectivity index (χ4n) is 1.59. The number of ketones is 1. The highest BCUT2D eigenvalue weighted by Crippen LogP contribution is 2.16. The second-order valence-electron chi connectivity index (χ2n) is 3.79. The van der Waals surface area contributed by atoms with Gasteiger partial charge in [-0.05, 0) is 25.3 Å². The average molecular weight is 207 g/mol. The molecule has 0 bridgehead atoms. The summed E-state index contributed by atoms with van der Waals surface area (Å²) in [4.78, 5) is 24.6. The van der Waals surface area contributed by atoms with Gasteiger partial charge in [-0.25, -0.2) is 0 Å². The summed E-state index contributed by atoms with van der Waals surface area (Å²) in [5, 5.41) is 0. The molecule has 1 rings (SSSR count). The van der Waals surface area contributed by atoms with Gasteiger partial charge in [0, 0.05) is 25.6 Å². The Labute approximate surface area is 90.5 Å². The van der Waals surface area contributed by atoms with E-state index < -0.39 is 0 Å². The van der Waals surface area contributed by atoms with Gasteiger partial charge in [0.25, 0.3) is 0 Å². The lowest BCUT2D eigenvalue weighted by atomic mass is 9.98. The van der Waals surface area contributed by atoms with Crippen LogP contribution in [0.5, 0.6) is 0 Å². The summed E-state index contributed by atoms with van der Waals surface area (Å²) in [6.07, 6.45) is 6.16.